The van der Waals surface area contributed by atoms with E-state index in [9.17, 15) is 0 Å². The zero-order valence-electron chi connectivity index (χ0n) is 10.0. The lowest BCUT2D eigenvalue weighted by Crippen LogP contribution is -2.31. The van der Waals surface area contributed by atoms with Crippen molar-refractivity contribution in [2.24, 2.45) is 0 Å². The van der Waals surface area contributed by atoms with Gasteiger partial charge in [-0.05, 0) is 33.7 Å². The molecule has 0 bridgehead atoms. The van der Waals surface area contributed by atoms with Crippen molar-refractivity contribution in [3.8, 4) is 0 Å². The Kier molecular flexibility index (Phi) is 7.15. The van der Waals surface area contributed by atoms with Crippen molar-refractivity contribution in [1.82, 2.24) is 4.90 Å². The normalized spacial score (nSPS) is 12.4. The van der Waals surface area contributed by atoms with Gasteiger partial charge in [0.1, 0.15) is 0 Å². The smallest absolute Gasteiger partial charge is 0.0600 e. The Morgan fingerprint density at radius 1 is 1.21 bits per heavy atom. The number of aliphatic hydroxyl groups is 1. The van der Waals surface area contributed by atoms with Gasteiger partial charge in [0.05, 0.1) is 12.2 Å². The van der Waals surface area contributed by atoms with Gasteiger partial charge in [-0.25, -0.2) is 0 Å². The monoisotopic (exact) mass is 203 g/mol. The Balaban J connectivity index is 3.52. The molecule has 0 aliphatic heterocycles. The number of ether oxygens (including phenoxy) is 1. The summed E-state index contributed by atoms with van der Waals surface area (Å²) in [7, 11) is 0. The van der Waals surface area contributed by atoms with Gasteiger partial charge in [-0.15, -0.1) is 0 Å². The molecule has 1 N–H and O–H groups in total. The fourth-order valence-corrected chi connectivity index (χ4v) is 1.20. The lowest BCUT2D eigenvalue weighted by atomic mass is 10.2. The summed E-state index contributed by atoms with van der Waals surface area (Å²) < 4.78 is 5.64. The second-order valence-electron chi connectivity index (χ2n) is 4.47. The number of likely N-dealkylation sites (N-methyl/N-ethyl adjacent to an activating group) is 1. The summed E-state index contributed by atoms with van der Waals surface area (Å²) in [4.78, 5) is 2.29. The number of aliphatic hydroxyl groups excluding tert-OH is 1. The molecule has 0 atom stereocenters. The van der Waals surface area contributed by atoms with Gasteiger partial charge in [-0.2, -0.15) is 0 Å². The largest absolute Gasteiger partial charge is 0.396 e. The average Bonchev–Trinajstić information content (AvgIpc) is 2.09. The first kappa shape index (κ1) is 13.9. The molecular weight excluding hydrogens is 178 g/mol. The molecule has 0 rings (SSSR count). The summed E-state index contributed by atoms with van der Waals surface area (Å²) in [5, 5.41) is 8.71. The zero-order valence-corrected chi connectivity index (χ0v) is 10.0. The van der Waals surface area contributed by atoms with E-state index < -0.39 is 0 Å². The van der Waals surface area contributed by atoms with Crippen molar-refractivity contribution >= 4 is 0 Å². The Morgan fingerprint density at radius 2 is 1.86 bits per heavy atom. The number of hydrogen-bond acceptors (Lipinski definition) is 3. The SMILES string of the molecule is CCN(CCCO)CCOC(C)(C)C. The minimum Gasteiger partial charge on any atom is -0.396 e. The number of rotatable bonds is 7. The van der Waals surface area contributed by atoms with Crippen LogP contribution in [0.5, 0.6) is 0 Å². The molecule has 3 nitrogen and oxygen atoms in total. The summed E-state index contributed by atoms with van der Waals surface area (Å²) in [6.45, 7) is 12.3. The molecule has 0 aliphatic carbocycles. The van der Waals surface area contributed by atoms with Crippen LogP contribution in [0.2, 0.25) is 0 Å². The van der Waals surface area contributed by atoms with Gasteiger partial charge in [0.25, 0.3) is 0 Å². The molecule has 0 unspecified atom stereocenters. The van der Waals surface area contributed by atoms with Crippen molar-refractivity contribution in [3.05, 3.63) is 0 Å². The first-order valence-corrected chi connectivity index (χ1v) is 5.46. The van der Waals surface area contributed by atoms with E-state index in [-0.39, 0.29) is 12.2 Å². The second-order valence-corrected chi connectivity index (χ2v) is 4.47. The standard InChI is InChI=1S/C11H25NO2/c1-5-12(7-6-9-13)8-10-14-11(2,3)4/h13H,5-10H2,1-4H3. The van der Waals surface area contributed by atoms with E-state index in [4.69, 9.17) is 9.84 Å². The summed E-state index contributed by atoms with van der Waals surface area (Å²) in [6.07, 6.45) is 0.851. The minimum atomic E-state index is -0.0452. The molecule has 0 radical (unpaired) electrons. The lowest BCUT2D eigenvalue weighted by Gasteiger charge is -2.24. The predicted molar refractivity (Wildman–Crippen MR) is 59.5 cm³/mol. The van der Waals surface area contributed by atoms with Crippen LogP contribution in [0.1, 0.15) is 34.1 Å². The van der Waals surface area contributed by atoms with Crippen LogP contribution in [-0.4, -0.2) is 48.5 Å². The third-order valence-corrected chi connectivity index (χ3v) is 2.02. The van der Waals surface area contributed by atoms with Gasteiger partial charge in [0.2, 0.25) is 0 Å². The highest BCUT2D eigenvalue weighted by molar-refractivity contribution is 4.61. The van der Waals surface area contributed by atoms with Crippen molar-refractivity contribution in [1.29, 1.82) is 0 Å². The molecule has 0 aromatic heterocycles. The molecule has 0 aliphatic rings. The topological polar surface area (TPSA) is 32.7 Å². The molecule has 0 spiro atoms. The molecule has 14 heavy (non-hydrogen) atoms. The Hall–Kier alpha value is -0.120. The summed E-state index contributed by atoms with van der Waals surface area (Å²) in [5.74, 6) is 0. The van der Waals surface area contributed by atoms with E-state index in [1.807, 2.05) is 0 Å². The van der Waals surface area contributed by atoms with Crippen LogP contribution in [0, 0.1) is 0 Å². The van der Waals surface area contributed by atoms with E-state index in [0.29, 0.717) is 0 Å². The highest BCUT2D eigenvalue weighted by Gasteiger charge is 2.10. The molecule has 0 heterocycles. The highest BCUT2D eigenvalue weighted by atomic mass is 16.5. The highest BCUT2D eigenvalue weighted by Crippen LogP contribution is 2.06. The van der Waals surface area contributed by atoms with Crippen LogP contribution >= 0.6 is 0 Å². The lowest BCUT2D eigenvalue weighted by molar-refractivity contribution is -0.0130. The Bertz CT molecular complexity index is 132. The molecular formula is C11H25NO2. The molecule has 0 saturated heterocycles. The van der Waals surface area contributed by atoms with Gasteiger partial charge in [0, 0.05) is 19.7 Å². The molecule has 0 fully saturated rings. The van der Waals surface area contributed by atoms with Crippen LogP contribution in [0.15, 0.2) is 0 Å². The van der Waals surface area contributed by atoms with Gasteiger partial charge < -0.3 is 14.7 Å². The van der Waals surface area contributed by atoms with Crippen molar-refractivity contribution < 1.29 is 9.84 Å². The van der Waals surface area contributed by atoms with E-state index in [1.165, 1.54) is 0 Å². The first-order chi connectivity index (χ1) is 6.49. The Labute approximate surface area is 88.1 Å². The maximum absolute atomic E-state index is 8.71. The maximum atomic E-state index is 8.71. The zero-order chi connectivity index (χ0) is 11.0. The first-order valence-electron chi connectivity index (χ1n) is 5.46. The van der Waals surface area contributed by atoms with Crippen LogP contribution in [0.25, 0.3) is 0 Å². The van der Waals surface area contributed by atoms with Gasteiger partial charge in [0.15, 0.2) is 0 Å². The van der Waals surface area contributed by atoms with E-state index in [1.54, 1.807) is 0 Å². The molecule has 0 saturated carbocycles. The van der Waals surface area contributed by atoms with E-state index in [0.717, 1.165) is 32.7 Å². The van der Waals surface area contributed by atoms with E-state index in [2.05, 4.69) is 32.6 Å². The number of nitrogens with zero attached hydrogens (tertiary/aromatic N) is 1. The van der Waals surface area contributed by atoms with Crippen LogP contribution in [-0.2, 0) is 4.74 Å². The Morgan fingerprint density at radius 3 is 2.29 bits per heavy atom. The van der Waals surface area contributed by atoms with Crippen LogP contribution in [0.3, 0.4) is 0 Å². The third-order valence-electron chi connectivity index (χ3n) is 2.02. The number of hydrogen-bond donors (Lipinski definition) is 1. The molecule has 0 aromatic carbocycles. The van der Waals surface area contributed by atoms with Crippen LogP contribution < -0.4 is 0 Å². The predicted octanol–water partition coefficient (Wildman–Crippen LogP) is 1.51. The van der Waals surface area contributed by atoms with Gasteiger partial charge in [-0.1, -0.05) is 6.92 Å². The van der Waals surface area contributed by atoms with Crippen LogP contribution in [0.4, 0.5) is 0 Å². The molecule has 86 valence electrons. The molecule has 0 aromatic rings. The summed E-state index contributed by atoms with van der Waals surface area (Å²) >= 11 is 0. The fourth-order valence-electron chi connectivity index (χ4n) is 1.20. The summed E-state index contributed by atoms with van der Waals surface area (Å²) in [5.41, 5.74) is -0.0452. The minimum absolute atomic E-state index is 0.0452. The third kappa shape index (κ3) is 8.48. The maximum Gasteiger partial charge on any atom is 0.0600 e. The molecule has 0 amide bonds. The van der Waals surface area contributed by atoms with Crippen molar-refractivity contribution in [2.45, 2.75) is 39.7 Å². The van der Waals surface area contributed by atoms with Gasteiger partial charge in [-0.3, -0.25) is 0 Å². The quantitative estimate of drug-likeness (QED) is 0.680. The average molecular weight is 203 g/mol. The van der Waals surface area contributed by atoms with Crippen molar-refractivity contribution in [3.63, 3.8) is 0 Å². The van der Waals surface area contributed by atoms with E-state index >= 15 is 0 Å². The van der Waals surface area contributed by atoms with Gasteiger partial charge >= 0.3 is 0 Å². The van der Waals surface area contributed by atoms with Crippen molar-refractivity contribution in [2.75, 3.05) is 32.8 Å². The summed E-state index contributed by atoms with van der Waals surface area (Å²) in [6, 6.07) is 0. The fraction of sp³-hybridized carbons (Fsp3) is 1.00. The second kappa shape index (κ2) is 7.21. The molecule has 3 heteroatoms.